The fourth-order valence-electron chi connectivity index (χ4n) is 2.31. The molecule has 0 fully saturated rings. The quantitative estimate of drug-likeness (QED) is 0.696. The summed E-state index contributed by atoms with van der Waals surface area (Å²) in [5.74, 6) is 1.19. The third-order valence-corrected chi connectivity index (χ3v) is 3.46. The fourth-order valence-corrected chi connectivity index (χ4v) is 2.31. The van der Waals surface area contributed by atoms with Crippen LogP contribution in [0, 0.1) is 0 Å². The fraction of sp³-hybridized carbons (Fsp3) is 0.150. The highest BCUT2D eigenvalue weighted by Gasteiger charge is 2.08. The smallest absolute Gasteiger partial charge is 0.257 e. The Balaban J connectivity index is 1.68. The van der Waals surface area contributed by atoms with Gasteiger partial charge < -0.3 is 15.4 Å². The molecule has 0 saturated carbocycles. The van der Waals surface area contributed by atoms with Crippen LogP contribution in [0.25, 0.3) is 0 Å². The molecule has 0 unspecified atom stereocenters. The Labute approximate surface area is 152 Å². The molecule has 1 aromatic carbocycles. The molecule has 0 aliphatic carbocycles. The molecule has 26 heavy (non-hydrogen) atoms. The van der Waals surface area contributed by atoms with Crippen LogP contribution in [0.2, 0.25) is 0 Å². The lowest BCUT2D eigenvalue weighted by Gasteiger charge is -2.15. The van der Waals surface area contributed by atoms with Crippen LogP contribution >= 0.6 is 0 Å². The maximum atomic E-state index is 12.1. The summed E-state index contributed by atoms with van der Waals surface area (Å²) in [6.07, 6.45) is 4.82. The lowest BCUT2D eigenvalue weighted by Crippen LogP contribution is -2.12. The Kier molecular flexibility index (Phi) is 5.43. The van der Waals surface area contributed by atoms with Gasteiger partial charge in [0.1, 0.15) is 11.6 Å². The first-order valence-electron chi connectivity index (χ1n) is 8.32. The van der Waals surface area contributed by atoms with E-state index in [-0.39, 0.29) is 12.0 Å². The van der Waals surface area contributed by atoms with Crippen molar-refractivity contribution in [1.29, 1.82) is 0 Å². The molecule has 0 aliphatic rings. The topological polar surface area (TPSA) is 76.1 Å². The molecule has 132 valence electrons. The van der Waals surface area contributed by atoms with Crippen LogP contribution in [0.3, 0.4) is 0 Å². The van der Waals surface area contributed by atoms with Crippen LogP contribution in [0.1, 0.15) is 24.2 Å². The molecule has 0 saturated heterocycles. The first-order valence-corrected chi connectivity index (χ1v) is 8.32. The number of hydrogen-bond acceptors (Lipinski definition) is 5. The van der Waals surface area contributed by atoms with Crippen LogP contribution in [-0.4, -0.2) is 22.0 Å². The van der Waals surface area contributed by atoms with Crippen molar-refractivity contribution in [2.24, 2.45) is 0 Å². The largest absolute Gasteiger partial charge is 0.489 e. The molecular weight excluding hydrogens is 328 g/mol. The maximum Gasteiger partial charge on any atom is 0.257 e. The minimum absolute atomic E-state index is 0.0796. The summed E-state index contributed by atoms with van der Waals surface area (Å²) in [4.78, 5) is 20.4. The van der Waals surface area contributed by atoms with Gasteiger partial charge in [0.25, 0.3) is 5.91 Å². The lowest BCUT2D eigenvalue weighted by atomic mass is 10.2. The van der Waals surface area contributed by atoms with Crippen molar-refractivity contribution in [1.82, 2.24) is 9.97 Å². The molecule has 0 atom stereocenters. The predicted molar refractivity (Wildman–Crippen MR) is 102 cm³/mol. The molecule has 2 aromatic heterocycles. The molecule has 2 N–H and O–H groups in total. The number of ether oxygens (including phenoxy) is 1. The van der Waals surface area contributed by atoms with Crippen molar-refractivity contribution in [3.63, 3.8) is 0 Å². The SMILES string of the molecule is CC(C)Oc1ccccc1Nc1ccc(NC(=O)c2cccnc2)cn1. The number of carbonyl (C=O) groups is 1. The van der Waals surface area contributed by atoms with Crippen molar-refractivity contribution in [2.45, 2.75) is 20.0 Å². The highest BCUT2D eigenvalue weighted by atomic mass is 16.5. The van der Waals surface area contributed by atoms with E-state index >= 15 is 0 Å². The number of carbonyl (C=O) groups excluding carboxylic acids is 1. The summed E-state index contributed by atoms with van der Waals surface area (Å²) in [6, 6.07) is 14.7. The van der Waals surface area contributed by atoms with Crippen LogP contribution in [0.15, 0.2) is 67.1 Å². The Bertz CT molecular complexity index is 864. The average molecular weight is 348 g/mol. The van der Waals surface area contributed by atoms with Gasteiger partial charge in [0.05, 0.1) is 29.2 Å². The summed E-state index contributed by atoms with van der Waals surface area (Å²) in [7, 11) is 0. The van der Waals surface area contributed by atoms with Crippen LogP contribution in [0.4, 0.5) is 17.2 Å². The summed E-state index contributed by atoms with van der Waals surface area (Å²) < 4.78 is 5.79. The molecule has 2 heterocycles. The van der Waals surface area contributed by atoms with Gasteiger partial charge in [-0.2, -0.15) is 0 Å². The van der Waals surface area contributed by atoms with Crippen LogP contribution in [0.5, 0.6) is 5.75 Å². The zero-order valence-electron chi connectivity index (χ0n) is 14.6. The van der Waals surface area contributed by atoms with Gasteiger partial charge in [-0.1, -0.05) is 12.1 Å². The molecule has 3 aromatic rings. The molecule has 6 heteroatoms. The molecule has 6 nitrogen and oxygen atoms in total. The Hall–Kier alpha value is -3.41. The van der Waals surface area contributed by atoms with Crippen LogP contribution in [-0.2, 0) is 0 Å². The van der Waals surface area contributed by atoms with E-state index in [0.29, 0.717) is 17.1 Å². The van der Waals surface area contributed by atoms with Gasteiger partial charge in [-0.3, -0.25) is 9.78 Å². The number of anilines is 3. The van der Waals surface area contributed by atoms with E-state index in [9.17, 15) is 4.79 Å². The molecule has 0 spiro atoms. The zero-order chi connectivity index (χ0) is 18.4. The summed E-state index contributed by atoms with van der Waals surface area (Å²) in [5.41, 5.74) is 1.94. The summed E-state index contributed by atoms with van der Waals surface area (Å²) in [6.45, 7) is 3.96. The highest BCUT2D eigenvalue weighted by Crippen LogP contribution is 2.27. The zero-order valence-corrected chi connectivity index (χ0v) is 14.6. The minimum atomic E-state index is -0.226. The molecule has 0 aliphatic heterocycles. The Morgan fingerprint density at radius 2 is 1.88 bits per heavy atom. The number of hydrogen-bond donors (Lipinski definition) is 2. The molecule has 0 bridgehead atoms. The third kappa shape index (κ3) is 4.57. The van der Waals surface area contributed by atoms with Crippen molar-refractivity contribution in [2.75, 3.05) is 10.6 Å². The van der Waals surface area contributed by atoms with Gasteiger partial charge in [-0.25, -0.2) is 4.98 Å². The number of rotatable bonds is 6. The number of aromatic nitrogens is 2. The van der Waals surface area contributed by atoms with Gasteiger partial charge in [0.2, 0.25) is 0 Å². The number of benzene rings is 1. The normalized spacial score (nSPS) is 10.4. The van der Waals surface area contributed by atoms with E-state index in [1.54, 1.807) is 36.7 Å². The third-order valence-electron chi connectivity index (χ3n) is 3.46. The first-order chi connectivity index (χ1) is 12.6. The van der Waals surface area contributed by atoms with Gasteiger partial charge >= 0.3 is 0 Å². The van der Waals surface area contributed by atoms with Crippen molar-refractivity contribution in [3.8, 4) is 5.75 Å². The van der Waals surface area contributed by atoms with Crippen molar-refractivity contribution in [3.05, 3.63) is 72.7 Å². The second kappa shape index (κ2) is 8.11. The van der Waals surface area contributed by atoms with E-state index in [0.717, 1.165) is 11.4 Å². The minimum Gasteiger partial charge on any atom is -0.489 e. The molecule has 0 radical (unpaired) electrons. The Morgan fingerprint density at radius 3 is 2.58 bits per heavy atom. The maximum absolute atomic E-state index is 12.1. The number of nitrogens with zero attached hydrogens (tertiary/aromatic N) is 2. The van der Waals surface area contributed by atoms with E-state index in [2.05, 4.69) is 20.6 Å². The first kappa shape index (κ1) is 17.4. The van der Waals surface area contributed by atoms with Crippen LogP contribution < -0.4 is 15.4 Å². The van der Waals surface area contributed by atoms with Gasteiger partial charge in [-0.05, 0) is 50.2 Å². The Morgan fingerprint density at radius 1 is 1.04 bits per heavy atom. The standard InChI is InChI=1S/C20H20N4O2/c1-14(2)26-18-8-4-3-7-17(18)24-19-10-9-16(13-22-19)23-20(25)15-6-5-11-21-12-15/h3-14H,1-2H3,(H,22,24)(H,23,25). The van der Waals surface area contributed by atoms with Gasteiger partial charge in [0, 0.05) is 12.4 Å². The number of nitrogens with one attached hydrogen (secondary N) is 2. The highest BCUT2D eigenvalue weighted by molar-refractivity contribution is 6.03. The lowest BCUT2D eigenvalue weighted by molar-refractivity contribution is 0.102. The molecule has 1 amide bonds. The number of para-hydroxylation sites is 2. The predicted octanol–water partition coefficient (Wildman–Crippen LogP) is 4.26. The number of amides is 1. The van der Waals surface area contributed by atoms with Crippen molar-refractivity contribution >= 4 is 23.1 Å². The second-order valence-corrected chi connectivity index (χ2v) is 5.92. The van der Waals surface area contributed by atoms with E-state index in [1.165, 1.54) is 6.20 Å². The second-order valence-electron chi connectivity index (χ2n) is 5.92. The van der Waals surface area contributed by atoms with Crippen molar-refractivity contribution < 1.29 is 9.53 Å². The number of pyridine rings is 2. The van der Waals surface area contributed by atoms with E-state index in [1.807, 2.05) is 38.1 Å². The average Bonchev–Trinajstić information content (AvgIpc) is 2.65. The molecule has 3 rings (SSSR count). The summed E-state index contributed by atoms with van der Waals surface area (Å²) >= 11 is 0. The van der Waals surface area contributed by atoms with E-state index < -0.39 is 0 Å². The van der Waals surface area contributed by atoms with Gasteiger partial charge in [0.15, 0.2) is 0 Å². The van der Waals surface area contributed by atoms with E-state index in [4.69, 9.17) is 4.74 Å². The molecular formula is C20H20N4O2. The monoisotopic (exact) mass is 348 g/mol. The summed E-state index contributed by atoms with van der Waals surface area (Å²) in [5, 5.41) is 6.02. The van der Waals surface area contributed by atoms with Gasteiger partial charge in [-0.15, -0.1) is 0 Å².